The molecule has 0 aromatic heterocycles. The Balaban J connectivity index is 2.89. The maximum absolute atomic E-state index is 11.3. The fourth-order valence-corrected chi connectivity index (χ4v) is 1.86. The van der Waals surface area contributed by atoms with E-state index in [9.17, 15) is 9.59 Å². The molecule has 1 aromatic rings. The molecule has 0 heterocycles. The van der Waals surface area contributed by atoms with Gasteiger partial charge in [0.25, 0.3) is 0 Å². The van der Waals surface area contributed by atoms with Crippen molar-refractivity contribution < 1.29 is 14.7 Å². The van der Waals surface area contributed by atoms with Crippen molar-refractivity contribution in [2.45, 2.75) is 25.8 Å². The SMILES string of the molecule is CCC(=O)NC(CC(=O)O)c1cccc(Br)c1. The van der Waals surface area contributed by atoms with Gasteiger partial charge in [0.15, 0.2) is 0 Å². The zero-order chi connectivity index (χ0) is 12.8. The fraction of sp³-hybridized carbons (Fsp3) is 0.333. The minimum atomic E-state index is -0.939. The molecule has 1 atom stereocenters. The molecule has 4 nitrogen and oxygen atoms in total. The Bertz CT molecular complexity index is 420. The predicted molar refractivity (Wildman–Crippen MR) is 67.6 cm³/mol. The molecular formula is C12H14BrNO3. The third-order valence-corrected chi connectivity index (χ3v) is 2.78. The number of hydrogen-bond acceptors (Lipinski definition) is 2. The maximum Gasteiger partial charge on any atom is 0.305 e. The lowest BCUT2D eigenvalue weighted by atomic mass is 10.0. The average molecular weight is 300 g/mol. The molecule has 1 rings (SSSR count). The van der Waals surface area contributed by atoms with Crippen molar-refractivity contribution in [3.8, 4) is 0 Å². The van der Waals surface area contributed by atoms with Crippen LogP contribution in [0.3, 0.4) is 0 Å². The first-order valence-corrected chi connectivity index (χ1v) is 6.09. The van der Waals surface area contributed by atoms with Crippen LogP contribution in [0.15, 0.2) is 28.7 Å². The van der Waals surface area contributed by atoms with E-state index in [1.807, 2.05) is 18.2 Å². The van der Waals surface area contributed by atoms with Gasteiger partial charge in [-0.3, -0.25) is 9.59 Å². The van der Waals surface area contributed by atoms with Crippen molar-refractivity contribution in [1.82, 2.24) is 5.32 Å². The maximum atomic E-state index is 11.3. The van der Waals surface area contributed by atoms with Crippen molar-refractivity contribution >= 4 is 27.8 Å². The molecule has 0 radical (unpaired) electrons. The zero-order valence-electron chi connectivity index (χ0n) is 9.44. The van der Waals surface area contributed by atoms with Crippen LogP contribution in [0.1, 0.15) is 31.4 Å². The molecule has 92 valence electrons. The Kier molecular flexibility index (Phi) is 5.15. The van der Waals surface area contributed by atoms with Gasteiger partial charge in [0.05, 0.1) is 12.5 Å². The normalized spacial score (nSPS) is 11.9. The molecule has 0 aliphatic rings. The Morgan fingerprint density at radius 1 is 1.47 bits per heavy atom. The van der Waals surface area contributed by atoms with Gasteiger partial charge in [-0.2, -0.15) is 0 Å². The van der Waals surface area contributed by atoms with Crippen LogP contribution in [0.4, 0.5) is 0 Å². The number of halogens is 1. The van der Waals surface area contributed by atoms with E-state index < -0.39 is 12.0 Å². The number of nitrogens with one attached hydrogen (secondary N) is 1. The van der Waals surface area contributed by atoms with Crippen molar-refractivity contribution in [2.24, 2.45) is 0 Å². The molecule has 1 unspecified atom stereocenters. The van der Waals surface area contributed by atoms with Crippen LogP contribution < -0.4 is 5.32 Å². The van der Waals surface area contributed by atoms with Crippen LogP contribution in [0, 0.1) is 0 Å². The zero-order valence-corrected chi connectivity index (χ0v) is 11.0. The molecular weight excluding hydrogens is 286 g/mol. The second-order valence-corrected chi connectivity index (χ2v) is 4.54. The first-order chi connectivity index (χ1) is 8.02. The number of rotatable bonds is 5. The highest BCUT2D eigenvalue weighted by molar-refractivity contribution is 9.10. The summed E-state index contributed by atoms with van der Waals surface area (Å²) in [4.78, 5) is 22.1. The summed E-state index contributed by atoms with van der Waals surface area (Å²) < 4.78 is 0.858. The lowest BCUT2D eigenvalue weighted by Crippen LogP contribution is -2.29. The van der Waals surface area contributed by atoms with Gasteiger partial charge < -0.3 is 10.4 Å². The smallest absolute Gasteiger partial charge is 0.305 e. The van der Waals surface area contributed by atoms with E-state index in [2.05, 4.69) is 21.2 Å². The standard InChI is InChI=1S/C12H14BrNO3/c1-2-11(15)14-10(7-12(16)17)8-4-3-5-9(13)6-8/h3-6,10H,2,7H2,1H3,(H,14,15)(H,16,17). The number of carbonyl (C=O) groups excluding carboxylic acids is 1. The van der Waals surface area contributed by atoms with E-state index in [0.717, 1.165) is 10.0 Å². The van der Waals surface area contributed by atoms with Crippen LogP contribution in [0.2, 0.25) is 0 Å². The highest BCUT2D eigenvalue weighted by Gasteiger charge is 2.17. The van der Waals surface area contributed by atoms with Crippen LogP contribution >= 0.6 is 15.9 Å². The van der Waals surface area contributed by atoms with Gasteiger partial charge in [0.1, 0.15) is 0 Å². The molecule has 0 aliphatic heterocycles. The molecule has 0 fully saturated rings. The molecule has 1 amide bonds. The van der Waals surface area contributed by atoms with Crippen LogP contribution in [-0.4, -0.2) is 17.0 Å². The first kappa shape index (κ1) is 13.7. The van der Waals surface area contributed by atoms with Gasteiger partial charge in [-0.25, -0.2) is 0 Å². The minimum Gasteiger partial charge on any atom is -0.481 e. The number of amides is 1. The summed E-state index contributed by atoms with van der Waals surface area (Å²) in [5.41, 5.74) is 0.781. The van der Waals surface area contributed by atoms with Gasteiger partial charge in [0, 0.05) is 10.9 Å². The summed E-state index contributed by atoms with van der Waals surface area (Å²) in [6.07, 6.45) is 0.215. The van der Waals surface area contributed by atoms with E-state index in [0.29, 0.717) is 6.42 Å². The van der Waals surface area contributed by atoms with Crippen molar-refractivity contribution in [1.29, 1.82) is 0 Å². The molecule has 5 heteroatoms. The topological polar surface area (TPSA) is 66.4 Å². The third kappa shape index (κ3) is 4.56. The molecule has 0 aliphatic carbocycles. The van der Waals surface area contributed by atoms with Crippen molar-refractivity contribution in [3.63, 3.8) is 0 Å². The van der Waals surface area contributed by atoms with Crippen molar-refractivity contribution in [2.75, 3.05) is 0 Å². The van der Waals surface area contributed by atoms with E-state index >= 15 is 0 Å². The average Bonchev–Trinajstić information content (AvgIpc) is 2.27. The largest absolute Gasteiger partial charge is 0.481 e. The third-order valence-electron chi connectivity index (χ3n) is 2.29. The number of carboxylic acids is 1. The molecule has 2 N–H and O–H groups in total. The van der Waals surface area contributed by atoms with Crippen molar-refractivity contribution in [3.05, 3.63) is 34.3 Å². The Morgan fingerprint density at radius 2 is 2.18 bits per heavy atom. The van der Waals surface area contributed by atoms with Gasteiger partial charge in [0.2, 0.25) is 5.91 Å². The second-order valence-electron chi connectivity index (χ2n) is 3.63. The summed E-state index contributed by atoms with van der Waals surface area (Å²) in [5, 5.41) is 11.5. The van der Waals surface area contributed by atoms with E-state index in [-0.39, 0.29) is 12.3 Å². The first-order valence-electron chi connectivity index (χ1n) is 5.29. The van der Waals surface area contributed by atoms with Gasteiger partial charge in [-0.15, -0.1) is 0 Å². The number of benzene rings is 1. The van der Waals surface area contributed by atoms with Gasteiger partial charge in [-0.05, 0) is 17.7 Å². The summed E-state index contributed by atoms with van der Waals surface area (Å²) in [7, 11) is 0. The molecule has 1 aromatic carbocycles. The molecule has 0 bridgehead atoms. The Hall–Kier alpha value is -1.36. The summed E-state index contributed by atoms with van der Waals surface area (Å²) >= 11 is 3.32. The summed E-state index contributed by atoms with van der Waals surface area (Å²) in [6, 6.07) is 6.78. The number of carboxylic acid groups (broad SMARTS) is 1. The summed E-state index contributed by atoms with van der Waals surface area (Å²) in [6.45, 7) is 1.73. The van der Waals surface area contributed by atoms with Gasteiger partial charge in [-0.1, -0.05) is 35.0 Å². The molecule has 0 spiro atoms. The number of hydrogen-bond donors (Lipinski definition) is 2. The number of carbonyl (C=O) groups is 2. The minimum absolute atomic E-state index is 0.123. The van der Waals surface area contributed by atoms with E-state index in [1.165, 1.54) is 0 Å². The lowest BCUT2D eigenvalue weighted by molar-refractivity contribution is -0.137. The quantitative estimate of drug-likeness (QED) is 0.878. The highest BCUT2D eigenvalue weighted by atomic mass is 79.9. The fourth-order valence-electron chi connectivity index (χ4n) is 1.45. The Labute approximate surface area is 108 Å². The predicted octanol–water partition coefficient (Wildman–Crippen LogP) is 2.49. The van der Waals surface area contributed by atoms with E-state index in [4.69, 9.17) is 5.11 Å². The van der Waals surface area contributed by atoms with Crippen LogP contribution in [0.25, 0.3) is 0 Å². The molecule has 0 saturated carbocycles. The van der Waals surface area contributed by atoms with E-state index in [1.54, 1.807) is 13.0 Å². The lowest BCUT2D eigenvalue weighted by Gasteiger charge is -2.17. The monoisotopic (exact) mass is 299 g/mol. The van der Waals surface area contributed by atoms with Crippen LogP contribution in [-0.2, 0) is 9.59 Å². The van der Waals surface area contributed by atoms with Gasteiger partial charge >= 0.3 is 5.97 Å². The Morgan fingerprint density at radius 3 is 2.71 bits per heavy atom. The molecule has 0 saturated heterocycles. The molecule has 17 heavy (non-hydrogen) atoms. The van der Waals surface area contributed by atoms with Crippen LogP contribution in [0.5, 0.6) is 0 Å². The highest BCUT2D eigenvalue weighted by Crippen LogP contribution is 2.21. The second kappa shape index (κ2) is 6.39. The number of aliphatic carboxylic acids is 1. The summed E-state index contributed by atoms with van der Waals surface area (Å²) in [5.74, 6) is -1.09.